The Hall–Kier alpha value is -3.33. The molecule has 1 aliphatic rings. The van der Waals surface area contributed by atoms with E-state index in [0.717, 1.165) is 23.1 Å². The number of nitrogens with one attached hydrogen (secondary N) is 1. The molecule has 2 aromatic rings. The number of benzene rings is 2. The van der Waals surface area contributed by atoms with E-state index in [0.29, 0.717) is 29.4 Å². The largest absolute Gasteiger partial charge is 0.490 e. The maximum Gasteiger partial charge on any atom is 0.294 e. The van der Waals surface area contributed by atoms with Gasteiger partial charge in [-0.1, -0.05) is 13.0 Å². The molecule has 1 aliphatic heterocycles. The molecule has 2 aromatic carbocycles. The van der Waals surface area contributed by atoms with Crippen molar-refractivity contribution in [3.63, 3.8) is 0 Å². The summed E-state index contributed by atoms with van der Waals surface area (Å²) in [6.07, 6.45) is 2.45. The van der Waals surface area contributed by atoms with Crippen LogP contribution in [0.15, 0.2) is 47.4 Å². The van der Waals surface area contributed by atoms with Gasteiger partial charge in [0.15, 0.2) is 11.5 Å². The lowest BCUT2D eigenvalue weighted by Gasteiger charge is -2.16. The SMILES string of the molecule is CCOc1cc(/C=C2/SC(=O)N(CC(=O)Nc3ccc(F)cc3)C2=O)ccc1O[C@H](C)CC. The lowest BCUT2D eigenvalue weighted by molar-refractivity contribution is -0.127. The van der Waals surface area contributed by atoms with Gasteiger partial charge in [0, 0.05) is 5.69 Å². The normalized spacial score (nSPS) is 15.6. The molecule has 174 valence electrons. The van der Waals surface area contributed by atoms with E-state index < -0.39 is 29.4 Å². The molecule has 3 amide bonds. The molecule has 0 saturated carbocycles. The van der Waals surface area contributed by atoms with E-state index in [1.165, 1.54) is 24.3 Å². The van der Waals surface area contributed by atoms with Gasteiger partial charge >= 0.3 is 0 Å². The number of carbonyl (C=O) groups is 3. The molecule has 1 atom stereocenters. The Morgan fingerprint density at radius 2 is 1.88 bits per heavy atom. The average Bonchev–Trinajstić information content (AvgIpc) is 3.04. The van der Waals surface area contributed by atoms with Gasteiger partial charge in [-0.3, -0.25) is 19.3 Å². The maximum atomic E-state index is 13.0. The van der Waals surface area contributed by atoms with Crippen LogP contribution in [0.4, 0.5) is 14.9 Å². The molecule has 9 heteroatoms. The number of imide groups is 1. The third-order valence-corrected chi connectivity index (χ3v) is 5.68. The first-order valence-corrected chi connectivity index (χ1v) is 11.4. The number of anilines is 1. The Balaban J connectivity index is 1.72. The summed E-state index contributed by atoms with van der Waals surface area (Å²) in [6.45, 7) is 5.86. The van der Waals surface area contributed by atoms with Crippen LogP contribution >= 0.6 is 11.8 Å². The molecule has 0 bridgehead atoms. The summed E-state index contributed by atoms with van der Waals surface area (Å²) in [4.78, 5) is 38.4. The second-order valence-corrected chi connectivity index (χ2v) is 8.29. The van der Waals surface area contributed by atoms with Gasteiger partial charge < -0.3 is 14.8 Å². The monoisotopic (exact) mass is 472 g/mol. The Bertz CT molecular complexity index is 1070. The van der Waals surface area contributed by atoms with Crippen LogP contribution in [0.3, 0.4) is 0 Å². The van der Waals surface area contributed by atoms with E-state index in [9.17, 15) is 18.8 Å². The van der Waals surface area contributed by atoms with Crippen LogP contribution in [0.2, 0.25) is 0 Å². The van der Waals surface area contributed by atoms with Crippen molar-refractivity contribution in [2.24, 2.45) is 0 Å². The van der Waals surface area contributed by atoms with Crippen molar-refractivity contribution in [1.82, 2.24) is 4.90 Å². The van der Waals surface area contributed by atoms with Crippen LogP contribution in [-0.2, 0) is 9.59 Å². The van der Waals surface area contributed by atoms with Crippen molar-refractivity contribution < 1.29 is 28.2 Å². The van der Waals surface area contributed by atoms with Gasteiger partial charge in [-0.15, -0.1) is 0 Å². The highest BCUT2D eigenvalue weighted by molar-refractivity contribution is 8.18. The van der Waals surface area contributed by atoms with Crippen LogP contribution in [0, 0.1) is 5.82 Å². The van der Waals surface area contributed by atoms with E-state index in [1.807, 2.05) is 20.8 Å². The summed E-state index contributed by atoms with van der Waals surface area (Å²) in [7, 11) is 0. The third-order valence-electron chi connectivity index (χ3n) is 4.77. The number of ether oxygens (including phenoxy) is 2. The fourth-order valence-electron chi connectivity index (χ4n) is 2.95. The molecular weight excluding hydrogens is 447 g/mol. The van der Waals surface area contributed by atoms with E-state index >= 15 is 0 Å². The Labute approximate surface area is 195 Å². The molecule has 0 aromatic heterocycles. The first-order chi connectivity index (χ1) is 15.8. The fraction of sp³-hybridized carbons (Fsp3) is 0.292. The number of thioether (sulfide) groups is 1. The fourth-order valence-corrected chi connectivity index (χ4v) is 3.78. The number of hydrogen-bond acceptors (Lipinski definition) is 6. The minimum atomic E-state index is -0.560. The minimum Gasteiger partial charge on any atom is -0.490 e. The minimum absolute atomic E-state index is 0.0209. The maximum absolute atomic E-state index is 13.0. The zero-order valence-electron chi connectivity index (χ0n) is 18.6. The van der Waals surface area contributed by atoms with Gasteiger partial charge in [-0.05, 0) is 80.1 Å². The highest BCUT2D eigenvalue weighted by atomic mass is 32.2. The first kappa shape index (κ1) is 24.3. The van der Waals surface area contributed by atoms with Crippen molar-refractivity contribution in [1.29, 1.82) is 0 Å². The van der Waals surface area contributed by atoms with Crippen LogP contribution in [0.25, 0.3) is 6.08 Å². The Kier molecular flexibility index (Phi) is 8.11. The number of carbonyl (C=O) groups excluding carboxylic acids is 3. The van der Waals surface area contributed by atoms with Crippen molar-refractivity contribution in [2.45, 2.75) is 33.3 Å². The van der Waals surface area contributed by atoms with Crippen molar-refractivity contribution in [3.05, 3.63) is 58.8 Å². The van der Waals surface area contributed by atoms with Crippen molar-refractivity contribution in [2.75, 3.05) is 18.5 Å². The lowest BCUT2D eigenvalue weighted by Crippen LogP contribution is -2.36. The molecule has 7 nitrogen and oxygen atoms in total. The van der Waals surface area contributed by atoms with Crippen molar-refractivity contribution in [3.8, 4) is 11.5 Å². The zero-order valence-corrected chi connectivity index (χ0v) is 19.4. The summed E-state index contributed by atoms with van der Waals surface area (Å²) >= 11 is 0.761. The van der Waals surface area contributed by atoms with E-state index in [4.69, 9.17) is 9.47 Å². The van der Waals surface area contributed by atoms with E-state index in [1.54, 1.807) is 24.3 Å². The van der Waals surface area contributed by atoms with Gasteiger partial charge in [0.05, 0.1) is 17.6 Å². The molecule has 1 heterocycles. The number of amides is 3. The smallest absolute Gasteiger partial charge is 0.294 e. The first-order valence-electron chi connectivity index (χ1n) is 10.5. The summed E-state index contributed by atoms with van der Waals surface area (Å²) in [5.41, 5.74) is 1.03. The number of halogens is 1. The lowest BCUT2D eigenvalue weighted by atomic mass is 10.1. The predicted molar refractivity (Wildman–Crippen MR) is 126 cm³/mol. The summed E-state index contributed by atoms with van der Waals surface area (Å²) < 4.78 is 24.6. The average molecular weight is 473 g/mol. The molecule has 3 rings (SSSR count). The molecule has 33 heavy (non-hydrogen) atoms. The van der Waals surface area contributed by atoms with Crippen LogP contribution in [0.1, 0.15) is 32.8 Å². The molecule has 0 spiro atoms. The Morgan fingerprint density at radius 3 is 2.55 bits per heavy atom. The molecule has 0 aliphatic carbocycles. The molecule has 0 unspecified atom stereocenters. The van der Waals surface area contributed by atoms with Crippen LogP contribution < -0.4 is 14.8 Å². The van der Waals surface area contributed by atoms with Gasteiger partial charge in [0.2, 0.25) is 5.91 Å². The zero-order chi connectivity index (χ0) is 24.0. The summed E-state index contributed by atoms with van der Waals surface area (Å²) in [6, 6.07) is 10.5. The second kappa shape index (κ2) is 11.0. The predicted octanol–water partition coefficient (Wildman–Crippen LogP) is 5.08. The number of rotatable bonds is 9. The summed E-state index contributed by atoms with van der Waals surface area (Å²) in [5, 5.41) is 2.00. The van der Waals surface area contributed by atoms with Crippen molar-refractivity contribution >= 4 is 40.6 Å². The van der Waals surface area contributed by atoms with Gasteiger partial charge in [-0.25, -0.2) is 4.39 Å². The second-order valence-electron chi connectivity index (χ2n) is 7.30. The molecule has 0 radical (unpaired) electrons. The number of hydrogen-bond donors (Lipinski definition) is 1. The van der Waals surface area contributed by atoms with Crippen LogP contribution in [-0.4, -0.2) is 41.2 Å². The Morgan fingerprint density at radius 1 is 1.15 bits per heavy atom. The highest BCUT2D eigenvalue weighted by Gasteiger charge is 2.36. The van der Waals surface area contributed by atoms with E-state index in [2.05, 4.69) is 5.32 Å². The van der Waals surface area contributed by atoms with Crippen LogP contribution in [0.5, 0.6) is 11.5 Å². The molecule has 1 saturated heterocycles. The molecule has 1 fully saturated rings. The quantitative estimate of drug-likeness (QED) is 0.513. The van der Waals surface area contributed by atoms with E-state index in [-0.39, 0.29) is 11.0 Å². The van der Waals surface area contributed by atoms with Gasteiger partial charge in [0.25, 0.3) is 11.1 Å². The molecule has 1 N–H and O–H groups in total. The summed E-state index contributed by atoms with van der Waals surface area (Å²) in [5.74, 6) is -0.401. The highest BCUT2D eigenvalue weighted by Crippen LogP contribution is 2.35. The third kappa shape index (κ3) is 6.35. The standard InChI is InChI=1S/C24H25FN2O5S/c1-4-15(3)32-19-11-6-16(12-20(19)31-5-2)13-21-23(29)27(24(30)33-21)14-22(28)26-18-9-7-17(25)8-10-18/h6-13,15H,4-5,14H2,1-3H3,(H,26,28)/b21-13+/t15-/m1/s1. The van der Waals surface area contributed by atoms with Gasteiger partial charge in [0.1, 0.15) is 12.4 Å². The number of nitrogens with zero attached hydrogens (tertiary/aromatic N) is 1. The topological polar surface area (TPSA) is 84.9 Å². The molecular formula is C24H25FN2O5S. The van der Waals surface area contributed by atoms with Gasteiger partial charge in [-0.2, -0.15) is 0 Å².